The number of hydrogen-bond acceptors (Lipinski definition) is 5. The fourth-order valence-electron chi connectivity index (χ4n) is 3.19. The van der Waals surface area contributed by atoms with E-state index in [4.69, 9.17) is 4.74 Å². The van der Waals surface area contributed by atoms with E-state index in [1.165, 1.54) is 29.9 Å². The summed E-state index contributed by atoms with van der Waals surface area (Å²) in [4.78, 5) is 28.1. The molecule has 7 nitrogen and oxygen atoms in total. The number of methoxy groups -OCH3 is 1. The number of rotatable bonds is 5. The number of hydrogen-bond donors (Lipinski definition) is 0. The van der Waals surface area contributed by atoms with Crippen molar-refractivity contribution in [2.24, 2.45) is 10.9 Å². The molecule has 0 N–H and O–H groups in total. The Kier molecular flexibility index (Phi) is 5.60. The van der Waals surface area contributed by atoms with Crippen molar-refractivity contribution >= 4 is 33.1 Å². The van der Waals surface area contributed by atoms with Gasteiger partial charge in [0.2, 0.25) is 0 Å². The van der Waals surface area contributed by atoms with E-state index < -0.39 is 4.92 Å². The molecule has 0 unspecified atom stereocenters. The maximum Gasteiger partial charge on any atom is 0.270 e. The Morgan fingerprint density at radius 3 is 2.84 bits per heavy atom. The van der Waals surface area contributed by atoms with Crippen LogP contribution in [0, 0.1) is 16.0 Å². The van der Waals surface area contributed by atoms with Gasteiger partial charge in [-0.2, -0.15) is 4.99 Å². The lowest BCUT2D eigenvalue weighted by atomic mass is 9.89. The number of amides is 1. The number of nitro groups is 1. The minimum absolute atomic E-state index is 0.00386. The van der Waals surface area contributed by atoms with Crippen LogP contribution in [0.3, 0.4) is 0 Å². The van der Waals surface area contributed by atoms with Gasteiger partial charge < -0.3 is 9.30 Å². The molecule has 0 atom stereocenters. The van der Waals surface area contributed by atoms with Gasteiger partial charge in [0.25, 0.3) is 11.6 Å². The Bertz CT molecular complexity index is 849. The number of non-ortho nitro benzene ring substituents is 1. The Hall–Kier alpha value is -2.06. The van der Waals surface area contributed by atoms with Gasteiger partial charge in [-0.15, -0.1) is 0 Å². The number of thiazole rings is 1. The van der Waals surface area contributed by atoms with Crippen molar-refractivity contribution in [3.8, 4) is 0 Å². The van der Waals surface area contributed by atoms with E-state index in [-0.39, 0.29) is 17.5 Å². The highest BCUT2D eigenvalue weighted by Gasteiger charge is 2.21. The molecule has 0 bridgehead atoms. The third-order valence-corrected chi connectivity index (χ3v) is 5.60. The molecule has 1 aliphatic carbocycles. The predicted octanol–water partition coefficient (Wildman–Crippen LogP) is 3.27. The molecule has 8 heteroatoms. The zero-order valence-electron chi connectivity index (χ0n) is 14.1. The van der Waals surface area contributed by atoms with Crippen LogP contribution >= 0.6 is 11.3 Å². The van der Waals surface area contributed by atoms with Gasteiger partial charge in [0, 0.05) is 31.7 Å². The molecule has 0 radical (unpaired) electrons. The normalized spacial score (nSPS) is 16.4. The first-order chi connectivity index (χ1) is 12.1. The highest BCUT2D eigenvalue weighted by atomic mass is 32.1. The largest absolute Gasteiger partial charge is 0.383 e. The Balaban J connectivity index is 2.03. The monoisotopic (exact) mass is 363 g/mol. The molecule has 1 amide bonds. The fourth-order valence-corrected chi connectivity index (χ4v) is 4.29. The minimum Gasteiger partial charge on any atom is -0.383 e. The maximum atomic E-state index is 12.5. The Labute approximate surface area is 149 Å². The molecule has 1 heterocycles. The number of fused-ring (bicyclic) bond motifs is 1. The first-order valence-electron chi connectivity index (χ1n) is 8.45. The lowest BCUT2D eigenvalue weighted by molar-refractivity contribution is -0.384. The summed E-state index contributed by atoms with van der Waals surface area (Å²) in [6, 6.07) is 4.72. The molecular formula is C17H21N3O4S. The highest BCUT2D eigenvalue weighted by Crippen LogP contribution is 2.26. The van der Waals surface area contributed by atoms with Crippen LogP contribution in [0.4, 0.5) is 5.69 Å². The number of ether oxygens (including phenoxy) is 1. The molecule has 1 aromatic heterocycles. The summed E-state index contributed by atoms with van der Waals surface area (Å²) >= 11 is 1.31. The van der Waals surface area contributed by atoms with Gasteiger partial charge in [-0.3, -0.25) is 14.9 Å². The van der Waals surface area contributed by atoms with Crippen LogP contribution in [0.2, 0.25) is 0 Å². The lowest BCUT2D eigenvalue weighted by Crippen LogP contribution is -2.23. The van der Waals surface area contributed by atoms with Crippen molar-refractivity contribution in [2.45, 2.75) is 38.6 Å². The van der Waals surface area contributed by atoms with Crippen LogP contribution in [0.25, 0.3) is 10.2 Å². The molecule has 2 aromatic rings. The van der Waals surface area contributed by atoms with Crippen molar-refractivity contribution in [1.82, 2.24) is 4.57 Å². The zero-order valence-corrected chi connectivity index (χ0v) is 15.0. The SMILES string of the molecule is COCCn1c(=NC(=O)C2CCCCC2)sc2cc([N+](=O)[O-])ccc21. The van der Waals surface area contributed by atoms with Crippen molar-refractivity contribution < 1.29 is 14.5 Å². The van der Waals surface area contributed by atoms with Crippen LogP contribution in [0.5, 0.6) is 0 Å². The summed E-state index contributed by atoms with van der Waals surface area (Å²) in [5.74, 6) is -0.0731. The van der Waals surface area contributed by atoms with E-state index in [2.05, 4.69) is 4.99 Å². The summed E-state index contributed by atoms with van der Waals surface area (Å²) in [7, 11) is 1.62. The van der Waals surface area contributed by atoms with Crippen LogP contribution < -0.4 is 4.80 Å². The molecule has 1 aromatic carbocycles. The number of carbonyl (C=O) groups excluding carboxylic acids is 1. The summed E-state index contributed by atoms with van der Waals surface area (Å²) in [5, 5.41) is 11.0. The van der Waals surface area contributed by atoms with Crippen LogP contribution in [-0.2, 0) is 16.1 Å². The number of aromatic nitrogens is 1. The molecular weight excluding hydrogens is 342 g/mol. The number of benzene rings is 1. The van der Waals surface area contributed by atoms with Crippen molar-refractivity contribution in [3.05, 3.63) is 33.1 Å². The quantitative estimate of drug-likeness (QED) is 0.602. The second kappa shape index (κ2) is 7.88. The molecule has 134 valence electrons. The van der Waals surface area contributed by atoms with E-state index in [0.29, 0.717) is 18.0 Å². The number of nitrogens with zero attached hydrogens (tertiary/aromatic N) is 3. The second-order valence-electron chi connectivity index (χ2n) is 6.22. The molecule has 0 aliphatic heterocycles. The van der Waals surface area contributed by atoms with Gasteiger partial charge in [0.1, 0.15) is 0 Å². The smallest absolute Gasteiger partial charge is 0.270 e. The highest BCUT2D eigenvalue weighted by molar-refractivity contribution is 7.16. The number of nitro benzene ring substituents is 1. The average Bonchev–Trinajstić information content (AvgIpc) is 2.96. The van der Waals surface area contributed by atoms with Crippen LogP contribution in [-0.4, -0.2) is 29.1 Å². The molecule has 25 heavy (non-hydrogen) atoms. The summed E-state index contributed by atoms with van der Waals surface area (Å²) in [6.07, 6.45) is 5.14. The summed E-state index contributed by atoms with van der Waals surface area (Å²) < 4.78 is 7.81. The fraction of sp³-hybridized carbons (Fsp3) is 0.529. The van der Waals surface area contributed by atoms with Gasteiger partial charge >= 0.3 is 0 Å². The zero-order chi connectivity index (χ0) is 17.8. The van der Waals surface area contributed by atoms with E-state index in [9.17, 15) is 14.9 Å². The topological polar surface area (TPSA) is 86.7 Å². The summed E-state index contributed by atoms with van der Waals surface area (Å²) in [6.45, 7) is 1.03. The van der Waals surface area contributed by atoms with E-state index in [1.54, 1.807) is 13.2 Å². The Morgan fingerprint density at radius 2 is 2.16 bits per heavy atom. The first-order valence-corrected chi connectivity index (χ1v) is 9.27. The predicted molar refractivity (Wildman–Crippen MR) is 95.5 cm³/mol. The van der Waals surface area contributed by atoms with Gasteiger partial charge in [-0.1, -0.05) is 30.6 Å². The van der Waals surface area contributed by atoms with Crippen molar-refractivity contribution in [1.29, 1.82) is 0 Å². The maximum absolute atomic E-state index is 12.5. The number of carbonyl (C=O) groups is 1. The molecule has 1 fully saturated rings. The van der Waals surface area contributed by atoms with Gasteiger partial charge in [0.15, 0.2) is 4.80 Å². The van der Waals surface area contributed by atoms with Crippen LogP contribution in [0.15, 0.2) is 23.2 Å². The molecule has 1 saturated carbocycles. The molecule has 1 aliphatic rings. The average molecular weight is 363 g/mol. The van der Waals surface area contributed by atoms with Gasteiger partial charge in [0.05, 0.1) is 21.7 Å². The van der Waals surface area contributed by atoms with Gasteiger partial charge in [-0.05, 0) is 18.9 Å². The summed E-state index contributed by atoms with van der Waals surface area (Å²) in [5.41, 5.74) is 0.876. The molecule has 0 spiro atoms. The third-order valence-electron chi connectivity index (χ3n) is 4.56. The third kappa shape index (κ3) is 3.96. The van der Waals surface area contributed by atoms with Crippen LogP contribution in [0.1, 0.15) is 32.1 Å². The van der Waals surface area contributed by atoms with Gasteiger partial charge in [-0.25, -0.2) is 0 Å². The molecule has 0 saturated heterocycles. The van der Waals surface area contributed by atoms with E-state index >= 15 is 0 Å². The first kappa shape index (κ1) is 17.8. The van der Waals surface area contributed by atoms with E-state index in [1.807, 2.05) is 4.57 Å². The van der Waals surface area contributed by atoms with Crippen molar-refractivity contribution in [3.63, 3.8) is 0 Å². The second-order valence-corrected chi connectivity index (χ2v) is 7.23. The standard InChI is InChI=1S/C17H21N3O4S/c1-24-10-9-19-14-8-7-13(20(22)23)11-15(14)25-17(19)18-16(21)12-5-3-2-4-6-12/h7-8,11-12H,2-6,9-10H2,1H3. The van der Waals surface area contributed by atoms with Crippen molar-refractivity contribution in [2.75, 3.05) is 13.7 Å². The Morgan fingerprint density at radius 1 is 1.40 bits per heavy atom. The lowest BCUT2D eigenvalue weighted by Gasteiger charge is -2.17. The minimum atomic E-state index is -0.414. The molecule has 3 rings (SSSR count). The van der Waals surface area contributed by atoms with E-state index in [0.717, 1.165) is 35.9 Å².